The average Bonchev–Trinajstić information content (AvgIpc) is 2.45. The van der Waals surface area contributed by atoms with E-state index in [0.717, 1.165) is 4.31 Å². The third-order valence-corrected chi connectivity index (χ3v) is 4.64. The Morgan fingerprint density at radius 3 is 2.55 bits per heavy atom. The fourth-order valence-corrected chi connectivity index (χ4v) is 2.60. The van der Waals surface area contributed by atoms with Gasteiger partial charge in [0.05, 0.1) is 25.8 Å². The van der Waals surface area contributed by atoms with Gasteiger partial charge in [0.15, 0.2) is 0 Å². The summed E-state index contributed by atoms with van der Waals surface area (Å²) in [6.45, 7) is 0.243. The van der Waals surface area contributed by atoms with Crippen LogP contribution in [-0.4, -0.2) is 55.7 Å². The van der Waals surface area contributed by atoms with Crippen molar-refractivity contribution in [1.82, 2.24) is 13.6 Å². The van der Waals surface area contributed by atoms with E-state index < -0.39 is 16.2 Å². The number of hydrogen-bond donors (Lipinski definition) is 0. The van der Waals surface area contributed by atoms with Crippen molar-refractivity contribution in [2.24, 2.45) is 0 Å². The van der Waals surface area contributed by atoms with Crippen LogP contribution in [0.25, 0.3) is 0 Å². The number of carbonyl (C=O) groups excluding carboxylic acids is 1. The van der Waals surface area contributed by atoms with Crippen LogP contribution in [0.1, 0.15) is 12.1 Å². The molecule has 8 heteroatoms. The maximum absolute atomic E-state index is 12.2. The summed E-state index contributed by atoms with van der Waals surface area (Å²) in [7, 11) is 0.540. The lowest BCUT2D eigenvalue weighted by Crippen LogP contribution is -2.40. The first-order chi connectivity index (χ1) is 9.37. The Hall–Kier alpha value is -1.51. The number of ether oxygens (including phenoxy) is 1. The molecule has 0 N–H and O–H groups in total. The third kappa shape index (κ3) is 4.55. The van der Waals surface area contributed by atoms with Crippen LogP contribution in [0.15, 0.2) is 24.4 Å². The highest BCUT2D eigenvalue weighted by molar-refractivity contribution is 7.86. The maximum Gasteiger partial charge on any atom is 0.306 e. The second-order valence-corrected chi connectivity index (χ2v) is 6.37. The number of carbonyl (C=O) groups is 1. The van der Waals surface area contributed by atoms with Crippen molar-refractivity contribution in [3.63, 3.8) is 0 Å². The molecule has 0 aliphatic rings. The Morgan fingerprint density at radius 2 is 2.00 bits per heavy atom. The molecule has 0 fully saturated rings. The van der Waals surface area contributed by atoms with E-state index in [2.05, 4.69) is 9.72 Å². The Balaban J connectivity index is 2.65. The lowest BCUT2D eigenvalue weighted by Gasteiger charge is -2.23. The lowest BCUT2D eigenvalue weighted by molar-refractivity contribution is -0.140. The van der Waals surface area contributed by atoms with E-state index in [1.807, 2.05) is 0 Å². The van der Waals surface area contributed by atoms with Gasteiger partial charge in [-0.1, -0.05) is 6.07 Å². The number of methoxy groups -OCH3 is 1. The van der Waals surface area contributed by atoms with Gasteiger partial charge in [0, 0.05) is 26.8 Å². The summed E-state index contributed by atoms with van der Waals surface area (Å²) in [6, 6.07) is 5.31. The van der Waals surface area contributed by atoms with Gasteiger partial charge in [-0.3, -0.25) is 9.78 Å². The summed E-state index contributed by atoms with van der Waals surface area (Å²) >= 11 is 0. The van der Waals surface area contributed by atoms with Crippen LogP contribution >= 0.6 is 0 Å². The number of pyridine rings is 1. The van der Waals surface area contributed by atoms with Gasteiger partial charge < -0.3 is 4.74 Å². The lowest BCUT2D eigenvalue weighted by atomic mass is 10.3. The maximum atomic E-state index is 12.2. The molecule has 1 aromatic heterocycles. The van der Waals surface area contributed by atoms with Gasteiger partial charge in [-0.25, -0.2) is 0 Å². The first kappa shape index (κ1) is 16.5. The fourth-order valence-electron chi connectivity index (χ4n) is 1.51. The molecule has 0 aromatic carbocycles. The Kier molecular flexibility index (Phi) is 6.05. The molecule has 20 heavy (non-hydrogen) atoms. The van der Waals surface area contributed by atoms with E-state index in [-0.39, 0.29) is 19.5 Å². The molecule has 1 rings (SSSR count). The van der Waals surface area contributed by atoms with E-state index in [0.29, 0.717) is 5.69 Å². The highest BCUT2D eigenvalue weighted by Gasteiger charge is 2.24. The number of rotatable bonds is 7. The predicted molar refractivity (Wildman–Crippen MR) is 73.9 cm³/mol. The normalized spacial score (nSPS) is 11.8. The fraction of sp³-hybridized carbons (Fsp3) is 0.500. The number of nitrogens with zero attached hydrogens (tertiary/aromatic N) is 3. The number of hydrogen-bond acceptors (Lipinski definition) is 5. The third-order valence-electron chi connectivity index (χ3n) is 2.76. The second-order valence-electron chi connectivity index (χ2n) is 4.23. The van der Waals surface area contributed by atoms with Crippen LogP contribution in [0.3, 0.4) is 0 Å². The van der Waals surface area contributed by atoms with Gasteiger partial charge in [0.25, 0.3) is 10.2 Å². The van der Waals surface area contributed by atoms with Crippen LogP contribution in [0.4, 0.5) is 0 Å². The molecule has 0 aliphatic carbocycles. The van der Waals surface area contributed by atoms with Gasteiger partial charge >= 0.3 is 5.97 Å². The predicted octanol–water partition coefficient (Wildman–Crippen LogP) is 0.253. The molecule has 0 aliphatic heterocycles. The minimum atomic E-state index is -3.62. The molecule has 0 saturated carbocycles. The Bertz CT molecular complexity index is 533. The van der Waals surface area contributed by atoms with Crippen molar-refractivity contribution in [2.45, 2.75) is 13.0 Å². The van der Waals surface area contributed by atoms with Gasteiger partial charge in [-0.2, -0.15) is 17.0 Å². The molecule has 0 radical (unpaired) electrons. The SMILES string of the molecule is COC(=O)CCN(C)S(=O)(=O)N(C)Cc1ccccn1. The minimum absolute atomic E-state index is 0.0175. The zero-order chi connectivity index (χ0) is 15.2. The first-order valence-electron chi connectivity index (χ1n) is 6.02. The summed E-state index contributed by atoms with van der Waals surface area (Å²) in [5.41, 5.74) is 0.653. The van der Waals surface area contributed by atoms with Crippen LogP contribution < -0.4 is 0 Å². The summed E-state index contributed by atoms with van der Waals surface area (Å²) in [4.78, 5) is 15.1. The highest BCUT2D eigenvalue weighted by atomic mass is 32.2. The van der Waals surface area contributed by atoms with Crippen molar-refractivity contribution in [1.29, 1.82) is 0 Å². The summed E-state index contributed by atoms with van der Waals surface area (Å²) in [6.07, 6.45) is 1.63. The zero-order valence-electron chi connectivity index (χ0n) is 11.8. The average molecular weight is 301 g/mol. The summed E-state index contributed by atoms with van der Waals surface area (Å²) < 4.78 is 31.2. The topological polar surface area (TPSA) is 79.8 Å². The standard InChI is InChI=1S/C12H19N3O4S/c1-14(9-7-12(16)19-3)20(17,18)15(2)10-11-6-4-5-8-13-11/h4-6,8H,7,9-10H2,1-3H3. The first-order valence-corrected chi connectivity index (χ1v) is 7.42. The second kappa shape index (κ2) is 7.32. The zero-order valence-corrected chi connectivity index (χ0v) is 12.6. The quantitative estimate of drug-likeness (QED) is 0.675. The van der Waals surface area contributed by atoms with E-state index in [1.165, 1.54) is 25.5 Å². The number of esters is 1. The smallest absolute Gasteiger partial charge is 0.306 e. The van der Waals surface area contributed by atoms with E-state index in [4.69, 9.17) is 0 Å². The largest absolute Gasteiger partial charge is 0.469 e. The molecule has 112 valence electrons. The minimum Gasteiger partial charge on any atom is -0.469 e. The van der Waals surface area contributed by atoms with Gasteiger partial charge in [0.2, 0.25) is 0 Å². The van der Waals surface area contributed by atoms with Crippen LogP contribution in [0.5, 0.6) is 0 Å². The molecule has 7 nitrogen and oxygen atoms in total. The van der Waals surface area contributed by atoms with E-state index in [9.17, 15) is 13.2 Å². The van der Waals surface area contributed by atoms with Gasteiger partial charge in [-0.05, 0) is 12.1 Å². The van der Waals surface area contributed by atoms with Crippen LogP contribution in [0, 0.1) is 0 Å². The highest BCUT2D eigenvalue weighted by Crippen LogP contribution is 2.09. The molecule has 0 unspecified atom stereocenters. The molecule has 0 amide bonds. The Labute approximate surface area is 119 Å². The molecule has 0 bridgehead atoms. The van der Waals surface area contributed by atoms with Crippen molar-refractivity contribution < 1.29 is 17.9 Å². The molecule has 0 atom stereocenters. The van der Waals surface area contributed by atoms with Crippen molar-refractivity contribution in [2.75, 3.05) is 27.7 Å². The molecular weight excluding hydrogens is 282 g/mol. The van der Waals surface area contributed by atoms with Crippen molar-refractivity contribution in [3.05, 3.63) is 30.1 Å². The van der Waals surface area contributed by atoms with Crippen LogP contribution in [0.2, 0.25) is 0 Å². The van der Waals surface area contributed by atoms with Gasteiger partial charge in [0.1, 0.15) is 0 Å². The molecular formula is C12H19N3O4S. The number of aromatic nitrogens is 1. The molecule has 0 spiro atoms. The van der Waals surface area contributed by atoms with E-state index in [1.54, 1.807) is 24.4 Å². The molecule has 1 heterocycles. The van der Waals surface area contributed by atoms with Crippen molar-refractivity contribution in [3.8, 4) is 0 Å². The van der Waals surface area contributed by atoms with Gasteiger partial charge in [-0.15, -0.1) is 0 Å². The molecule has 1 aromatic rings. The monoisotopic (exact) mass is 301 g/mol. The molecule has 0 saturated heterocycles. The summed E-state index contributed by atoms with van der Waals surface area (Å²) in [5, 5.41) is 0. The van der Waals surface area contributed by atoms with Crippen LogP contribution in [-0.2, 0) is 26.3 Å². The summed E-state index contributed by atoms with van der Waals surface area (Å²) in [5.74, 6) is -0.445. The Morgan fingerprint density at radius 1 is 1.30 bits per heavy atom. The van der Waals surface area contributed by atoms with E-state index >= 15 is 0 Å². The van der Waals surface area contributed by atoms with Crippen molar-refractivity contribution >= 4 is 16.2 Å².